The van der Waals surface area contributed by atoms with E-state index in [-0.39, 0.29) is 11.9 Å². The zero-order valence-electron chi connectivity index (χ0n) is 11.1. The monoisotopic (exact) mass is 264 g/mol. The van der Waals surface area contributed by atoms with Crippen LogP contribution in [0.2, 0.25) is 0 Å². The number of morpholine rings is 1. The summed E-state index contributed by atoms with van der Waals surface area (Å²) in [5, 5.41) is 0. The number of ether oxygens (including phenoxy) is 1. The van der Waals surface area contributed by atoms with Gasteiger partial charge in [0.1, 0.15) is 5.82 Å². The fourth-order valence-electron chi connectivity index (χ4n) is 3.33. The second kappa shape index (κ2) is 5.47. The fourth-order valence-corrected chi connectivity index (χ4v) is 3.33. The number of benzene rings is 1. The molecule has 3 rings (SSSR count). The lowest BCUT2D eigenvalue weighted by Crippen LogP contribution is -2.49. The average molecular weight is 264 g/mol. The van der Waals surface area contributed by atoms with E-state index in [9.17, 15) is 4.39 Å². The number of hydrogen-bond acceptors (Lipinski definition) is 3. The molecule has 1 saturated heterocycles. The van der Waals surface area contributed by atoms with Gasteiger partial charge in [-0.3, -0.25) is 0 Å². The summed E-state index contributed by atoms with van der Waals surface area (Å²) >= 11 is 0. The van der Waals surface area contributed by atoms with Crippen LogP contribution in [0.15, 0.2) is 18.2 Å². The van der Waals surface area contributed by atoms with E-state index in [4.69, 9.17) is 10.5 Å². The van der Waals surface area contributed by atoms with Crippen LogP contribution in [-0.2, 0) is 11.2 Å². The molecule has 0 aromatic heterocycles. The van der Waals surface area contributed by atoms with Crippen LogP contribution < -0.4 is 10.6 Å². The minimum absolute atomic E-state index is 0.126. The third-order valence-electron chi connectivity index (χ3n) is 4.24. The number of halogens is 1. The number of nitrogens with zero attached hydrogens (tertiary/aromatic N) is 1. The van der Waals surface area contributed by atoms with E-state index in [2.05, 4.69) is 4.90 Å². The van der Waals surface area contributed by atoms with E-state index in [0.717, 1.165) is 37.1 Å². The summed E-state index contributed by atoms with van der Waals surface area (Å²) in [6.07, 6.45) is 4.41. The molecule has 1 aromatic carbocycles. The van der Waals surface area contributed by atoms with Crippen LogP contribution in [0.25, 0.3) is 0 Å². The van der Waals surface area contributed by atoms with Crippen molar-refractivity contribution in [3.63, 3.8) is 0 Å². The molecule has 1 heterocycles. The van der Waals surface area contributed by atoms with Crippen molar-refractivity contribution in [2.75, 3.05) is 24.6 Å². The highest BCUT2D eigenvalue weighted by atomic mass is 19.1. The Morgan fingerprint density at radius 3 is 3.05 bits per heavy atom. The summed E-state index contributed by atoms with van der Waals surface area (Å²) in [7, 11) is 0. The smallest absolute Gasteiger partial charge is 0.146 e. The van der Waals surface area contributed by atoms with E-state index in [1.54, 1.807) is 6.07 Å². The van der Waals surface area contributed by atoms with Crippen molar-refractivity contribution < 1.29 is 9.13 Å². The summed E-state index contributed by atoms with van der Waals surface area (Å²) in [5.74, 6) is -0.126. The minimum Gasteiger partial charge on any atom is -0.374 e. The van der Waals surface area contributed by atoms with Gasteiger partial charge >= 0.3 is 0 Å². The summed E-state index contributed by atoms with van der Waals surface area (Å²) in [6, 6.07) is 5.87. The van der Waals surface area contributed by atoms with E-state index >= 15 is 0 Å². The Morgan fingerprint density at radius 1 is 1.37 bits per heavy atom. The lowest BCUT2D eigenvalue weighted by molar-refractivity contribution is 0.0254. The van der Waals surface area contributed by atoms with Crippen molar-refractivity contribution in [2.24, 2.45) is 5.73 Å². The number of anilines is 1. The standard InChI is InChI=1S/C15H21FN2O/c16-12-10-11(6-7-17)4-5-13(12)18-8-9-19-15-3-1-2-14(15)18/h4-5,10,14-15H,1-3,6-9,17H2. The Labute approximate surface area is 113 Å². The van der Waals surface area contributed by atoms with Gasteiger partial charge in [-0.1, -0.05) is 6.07 Å². The largest absolute Gasteiger partial charge is 0.374 e. The third-order valence-corrected chi connectivity index (χ3v) is 4.24. The summed E-state index contributed by atoms with van der Waals surface area (Å²) in [5.41, 5.74) is 7.21. The van der Waals surface area contributed by atoms with Crippen LogP contribution >= 0.6 is 0 Å². The molecule has 2 unspecified atom stereocenters. The maximum Gasteiger partial charge on any atom is 0.146 e. The van der Waals surface area contributed by atoms with Gasteiger partial charge in [0.2, 0.25) is 0 Å². The molecular weight excluding hydrogens is 243 g/mol. The number of fused-ring (bicyclic) bond motifs is 1. The molecule has 1 aromatic rings. The van der Waals surface area contributed by atoms with Gasteiger partial charge in [0, 0.05) is 6.54 Å². The Bertz CT molecular complexity index is 452. The molecular formula is C15H21FN2O. The molecule has 0 radical (unpaired) electrons. The van der Waals surface area contributed by atoms with Gasteiger partial charge in [0.15, 0.2) is 0 Å². The number of nitrogens with two attached hydrogens (primary N) is 1. The highest BCUT2D eigenvalue weighted by molar-refractivity contribution is 5.51. The average Bonchev–Trinajstić information content (AvgIpc) is 2.88. The van der Waals surface area contributed by atoms with E-state index in [0.29, 0.717) is 19.2 Å². The summed E-state index contributed by atoms with van der Waals surface area (Å²) in [4.78, 5) is 2.20. The molecule has 3 nitrogen and oxygen atoms in total. The molecule has 104 valence electrons. The maximum absolute atomic E-state index is 14.3. The van der Waals surface area contributed by atoms with Crippen LogP contribution in [0, 0.1) is 5.82 Å². The second-order valence-electron chi connectivity index (χ2n) is 5.43. The summed E-state index contributed by atoms with van der Waals surface area (Å²) < 4.78 is 20.1. The van der Waals surface area contributed by atoms with Gasteiger partial charge < -0.3 is 15.4 Å². The van der Waals surface area contributed by atoms with Crippen molar-refractivity contribution >= 4 is 5.69 Å². The molecule has 0 amide bonds. The van der Waals surface area contributed by atoms with Crippen LogP contribution in [0.1, 0.15) is 24.8 Å². The van der Waals surface area contributed by atoms with Crippen LogP contribution in [-0.4, -0.2) is 31.8 Å². The van der Waals surface area contributed by atoms with Crippen LogP contribution in [0.4, 0.5) is 10.1 Å². The van der Waals surface area contributed by atoms with Crippen LogP contribution in [0.3, 0.4) is 0 Å². The number of rotatable bonds is 3. The lowest BCUT2D eigenvalue weighted by Gasteiger charge is -2.39. The molecule has 2 fully saturated rings. The maximum atomic E-state index is 14.3. The van der Waals surface area contributed by atoms with E-state index < -0.39 is 0 Å². The van der Waals surface area contributed by atoms with Crippen molar-refractivity contribution in [1.82, 2.24) is 0 Å². The first-order valence-corrected chi connectivity index (χ1v) is 7.16. The van der Waals surface area contributed by atoms with Gasteiger partial charge in [-0.05, 0) is 49.9 Å². The highest BCUT2D eigenvalue weighted by Crippen LogP contribution is 2.34. The van der Waals surface area contributed by atoms with E-state index in [1.807, 2.05) is 12.1 Å². The Morgan fingerprint density at radius 2 is 2.26 bits per heavy atom. The molecule has 2 atom stereocenters. The van der Waals surface area contributed by atoms with Gasteiger partial charge in [-0.15, -0.1) is 0 Å². The van der Waals surface area contributed by atoms with Crippen molar-refractivity contribution in [2.45, 2.75) is 37.8 Å². The molecule has 1 aliphatic carbocycles. The predicted molar refractivity (Wildman–Crippen MR) is 73.9 cm³/mol. The van der Waals surface area contributed by atoms with Crippen molar-refractivity contribution in [1.29, 1.82) is 0 Å². The van der Waals surface area contributed by atoms with E-state index in [1.165, 1.54) is 6.42 Å². The van der Waals surface area contributed by atoms with Crippen molar-refractivity contribution in [3.05, 3.63) is 29.6 Å². The first kappa shape index (κ1) is 12.9. The quantitative estimate of drug-likeness (QED) is 0.908. The Balaban J connectivity index is 1.84. The molecule has 4 heteroatoms. The fraction of sp³-hybridized carbons (Fsp3) is 0.600. The lowest BCUT2D eigenvalue weighted by atomic mass is 10.1. The molecule has 1 saturated carbocycles. The van der Waals surface area contributed by atoms with Gasteiger partial charge in [0.05, 0.1) is 24.4 Å². The first-order valence-electron chi connectivity index (χ1n) is 7.16. The van der Waals surface area contributed by atoms with Gasteiger partial charge in [-0.25, -0.2) is 4.39 Å². The first-order chi connectivity index (χ1) is 9.29. The Kier molecular flexibility index (Phi) is 3.71. The van der Waals surface area contributed by atoms with Gasteiger partial charge in [0.25, 0.3) is 0 Å². The molecule has 2 N–H and O–H groups in total. The summed E-state index contributed by atoms with van der Waals surface area (Å²) in [6.45, 7) is 2.04. The second-order valence-corrected chi connectivity index (χ2v) is 5.43. The SMILES string of the molecule is NCCc1ccc(N2CCOC3CCCC32)c(F)c1. The highest BCUT2D eigenvalue weighted by Gasteiger charge is 2.36. The molecule has 19 heavy (non-hydrogen) atoms. The molecule has 1 aliphatic heterocycles. The molecule has 2 aliphatic rings. The topological polar surface area (TPSA) is 38.5 Å². The van der Waals surface area contributed by atoms with Gasteiger partial charge in [-0.2, -0.15) is 0 Å². The van der Waals surface area contributed by atoms with Crippen LogP contribution in [0.5, 0.6) is 0 Å². The van der Waals surface area contributed by atoms with Crippen molar-refractivity contribution in [3.8, 4) is 0 Å². The number of hydrogen-bond donors (Lipinski definition) is 1. The predicted octanol–water partition coefficient (Wildman–Crippen LogP) is 2.08. The minimum atomic E-state index is -0.126. The molecule has 0 bridgehead atoms. The zero-order chi connectivity index (χ0) is 13.2. The Hall–Kier alpha value is -1.13. The zero-order valence-corrected chi connectivity index (χ0v) is 11.1. The third kappa shape index (κ3) is 2.47. The normalized spacial score (nSPS) is 26.5. The molecule has 0 spiro atoms.